The topological polar surface area (TPSA) is 47.3 Å². The van der Waals surface area contributed by atoms with Gasteiger partial charge in [-0.1, -0.05) is 11.2 Å². The molecule has 0 unspecified atom stereocenters. The quantitative estimate of drug-likeness (QED) is 0.885. The number of nitrogens with zero attached hydrogens (tertiary/aromatic N) is 1. The average Bonchev–Trinajstić information content (AvgIpc) is 2.75. The molecule has 1 aromatic carbocycles. The smallest absolute Gasteiger partial charge is 0.165 e. The first-order valence-corrected chi connectivity index (χ1v) is 5.64. The summed E-state index contributed by atoms with van der Waals surface area (Å²) in [5.74, 6) is 0.683. The van der Waals surface area contributed by atoms with Crippen LogP contribution in [0.25, 0.3) is 0 Å². The lowest BCUT2D eigenvalue weighted by atomic mass is 10.2. The maximum atomic E-state index is 13.4. The van der Waals surface area contributed by atoms with Crippen LogP contribution in [-0.2, 0) is 13.1 Å². The van der Waals surface area contributed by atoms with Gasteiger partial charge in [0.2, 0.25) is 0 Å². The minimum Gasteiger partial charge on any atom is -0.494 e. The zero-order valence-corrected chi connectivity index (χ0v) is 10.4. The summed E-state index contributed by atoms with van der Waals surface area (Å²) in [5, 5.41) is 7.03. The van der Waals surface area contributed by atoms with Gasteiger partial charge in [-0.25, -0.2) is 4.39 Å². The SMILES string of the molecule is COc1ccc(CNCc2cc(C)on2)cc1F. The zero-order chi connectivity index (χ0) is 13.0. The van der Waals surface area contributed by atoms with Crippen molar-refractivity contribution in [2.24, 2.45) is 0 Å². The summed E-state index contributed by atoms with van der Waals surface area (Å²) in [5.41, 5.74) is 1.69. The Hall–Kier alpha value is -1.88. The molecule has 2 aromatic rings. The van der Waals surface area contributed by atoms with Crippen molar-refractivity contribution >= 4 is 0 Å². The second-order valence-corrected chi connectivity index (χ2v) is 4.00. The molecule has 1 N–H and O–H groups in total. The zero-order valence-electron chi connectivity index (χ0n) is 10.4. The van der Waals surface area contributed by atoms with E-state index in [4.69, 9.17) is 9.26 Å². The van der Waals surface area contributed by atoms with E-state index in [-0.39, 0.29) is 11.6 Å². The average molecular weight is 250 g/mol. The number of aromatic nitrogens is 1. The van der Waals surface area contributed by atoms with Gasteiger partial charge in [-0.05, 0) is 24.6 Å². The van der Waals surface area contributed by atoms with Crippen LogP contribution in [-0.4, -0.2) is 12.3 Å². The van der Waals surface area contributed by atoms with Crippen molar-refractivity contribution in [3.05, 3.63) is 47.1 Å². The molecule has 4 nitrogen and oxygen atoms in total. The maximum absolute atomic E-state index is 13.4. The largest absolute Gasteiger partial charge is 0.494 e. The minimum atomic E-state index is -0.353. The summed E-state index contributed by atoms with van der Waals surface area (Å²) in [7, 11) is 1.45. The van der Waals surface area contributed by atoms with Crippen LogP contribution < -0.4 is 10.1 Å². The summed E-state index contributed by atoms with van der Waals surface area (Å²) in [6.07, 6.45) is 0. The van der Waals surface area contributed by atoms with E-state index in [1.165, 1.54) is 13.2 Å². The number of aryl methyl sites for hydroxylation is 1. The van der Waals surface area contributed by atoms with Gasteiger partial charge in [0.15, 0.2) is 11.6 Å². The molecule has 0 aliphatic heterocycles. The molecule has 0 aliphatic rings. The molecule has 0 fully saturated rings. The van der Waals surface area contributed by atoms with Gasteiger partial charge >= 0.3 is 0 Å². The molecule has 0 bridgehead atoms. The highest BCUT2D eigenvalue weighted by Crippen LogP contribution is 2.17. The molecule has 0 amide bonds. The summed E-state index contributed by atoms with van der Waals surface area (Å²) < 4.78 is 23.2. The normalized spacial score (nSPS) is 10.6. The number of methoxy groups -OCH3 is 1. The highest BCUT2D eigenvalue weighted by molar-refractivity contribution is 5.29. The van der Waals surface area contributed by atoms with Crippen molar-refractivity contribution in [1.29, 1.82) is 0 Å². The lowest BCUT2D eigenvalue weighted by molar-refractivity contribution is 0.385. The van der Waals surface area contributed by atoms with Gasteiger partial charge in [0.25, 0.3) is 0 Å². The first-order valence-electron chi connectivity index (χ1n) is 5.64. The second kappa shape index (κ2) is 5.64. The van der Waals surface area contributed by atoms with E-state index in [9.17, 15) is 4.39 Å². The van der Waals surface area contributed by atoms with Crippen LogP contribution in [0.4, 0.5) is 4.39 Å². The maximum Gasteiger partial charge on any atom is 0.165 e. The van der Waals surface area contributed by atoms with E-state index in [2.05, 4.69) is 10.5 Å². The van der Waals surface area contributed by atoms with Crippen molar-refractivity contribution < 1.29 is 13.7 Å². The van der Waals surface area contributed by atoms with Crippen molar-refractivity contribution in [2.75, 3.05) is 7.11 Å². The Bertz CT molecular complexity index is 525. The van der Waals surface area contributed by atoms with Crippen molar-refractivity contribution in [3.63, 3.8) is 0 Å². The standard InChI is InChI=1S/C13H15FN2O2/c1-9-5-11(16-18-9)8-15-7-10-3-4-13(17-2)12(14)6-10/h3-6,15H,7-8H2,1-2H3. The van der Waals surface area contributed by atoms with Gasteiger partial charge in [0, 0.05) is 19.2 Å². The second-order valence-electron chi connectivity index (χ2n) is 4.00. The van der Waals surface area contributed by atoms with Crippen LogP contribution in [0.1, 0.15) is 17.0 Å². The molecule has 1 heterocycles. The molecule has 0 aliphatic carbocycles. The first kappa shape index (κ1) is 12.6. The van der Waals surface area contributed by atoms with E-state index in [1.54, 1.807) is 6.07 Å². The molecule has 1 aromatic heterocycles. The van der Waals surface area contributed by atoms with Crippen molar-refractivity contribution in [1.82, 2.24) is 10.5 Å². The highest BCUT2D eigenvalue weighted by Gasteiger charge is 2.04. The Labute approximate surface area is 105 Å². The van der Waals surface area contributed by atoms with Gasteiger partial charge in [-0.3, -0.25) is 0 Å². The number of rotatable bonds is 5. The van der Waals surface area contributed by atoms with Gasteiger partial charge in [-0.2, -0.15) is 0 Å². The third-order valence-corrected chi connectivity index (χ3v) is 2.53. The molecular formula is C13H15FN2O2. The molecule has 2 rings (SSSR count). The summed E-state index contributed by atoms with van der Waals surface area (Å²) in [6, 6.07) is 6.76. The molecule has 18 heavy (non-hydrogen) atoms. The van der Waals surface area contributed by atoms with E-state index in [0.29, 0.717) is 13.1 Å². The fraction of sp³-hybridized carbons (Fsp3) is 0.308. The third-order valence-electron chi connectivity index (χ3n) is 2.53. The van der Waals surface area contributed by atoms with Crippen LogP contribution in [0.5, 0.6) is 5.75 Å². The van der Waals surface area contributed by atoms with Crippen molar-refractivity contribution in [2.45, 2.75) is 20.0 Å². The lowest BCUT2D eigenvalue weighted by Gasteiger charge is -2.05. The Kier molecular flexibility index (Phi) is 3.94. The number of ether oxygens (including phenoxy) is 1. The number of benzene rings is 1. The molecule has 0 saturated carbocycles. The monoisotopic (exact) mass is 250 g/mol. The van der Waals surface area contributed by atoms with Crippen molar-refractivity contribution in [3.8, 4) is 5.75 Å². The van der Waals surface area contributed by atoms with Gasteiger partial charge in [-0.15, -0.1) is 0 Å². The number of halogens is 1. The lowest BCUT2D eigenvalue weighted by Crippen LogP contribution is -2.13. The van der Waals surface area contributed by atoms with E-state index in [0.717, 1.165) is 17.0 Å². The third kappa shape index (κ3) is 3.07. The Morgan fingerprint density at radius 2 is 2.17 bits per heavy atom. The fourth-order valence-electron chi connectivity index (χ4n) is 1.66. The highest BCUT2D eigenvalue weighted by atomic mass is 19.1. The predicted octanol–water partition coefficient (Wildman–Crippen LogP) is 2.42. The summed E-state index contributed by atoms with van der Waals surface area (Å²) >= 11 is 0. The number of nitrogens with one attached hydrogen (secondary N) is 1. The van der Waals surface area contributed by atoms with Crippen LogP contribution in [0.15, 0.2) is 28.8 Å². The molecule has 0 spiro atoms. The van der Waals surface area contributed by atoms with Gasteiger partial charge in [0.1, 0.15) is 5.76 Å². The molecule has 0 saturated heterocycles. The molecule has 0 atom stereocenters. The predicted molar refractivity (Wildman–Crippen MR) is 64.7 cm³/mol. The van der Waals surface area contributed by atoms with E-state index < -0.39 is 0 Å². The Morgan fingerprint density at radius 1 is 1.33 bits per heavy atom. The molecule has 5 heteroatoms. The minimum absolute atomic E-state index is 0.255. The van der Waals surface area contributed by atoms with E-state index >= 15 is 0 Å². The summed E-state index contributed by atoms with van der Waals surface area (Å²) in [6.45, 7) is 2.99. The number of hydrogen-bond donors (Lipinski definition) is 1. The molecule has 96 valence electrons. The Morgan fingerprint density at radius 3 is 2.78 bits per heavy atom. The van der Waals surface area contributed by atoms with Crippen LogP contribution in [0.3, 0.4) is 0 Å². The van der Waals surface area contributed by atoms with Crippen LogP contribution in [0.2, 0.25) is 0 Å². The first-order chi connectivity index (χ1) is 8.69. The molecule has 0 radical (unpaired) electrons. The summed E-state index contributed by atoms with van der Waals surface area (Å²) in [4.78, 5) is 0. The number of hydrogen-bond acceptors (Lipinski definition) is 4. The van der Waals surface area contributed by atoms with Crippen LogP contribution >= 0.6 is 0 Å². The van der Waals surface area contributed by atoms with Gasteiger partial charge < -0.3 is 14.6 Å². The molecular weight excluding hydrogens is 235 g/mol. The Balaban J connectivity index is 1.88. The fourth-order valence-corrected chi connectivity index (χ4v) is 1.66. The van der Waals surface area contributed by atoms with Crippen LogP contribution in [0, 0.1) is 12.7 Å². The van der Waals surface area contributed by atoms with Gasteiger partial charge in [0.05, 0.1) is 12.8 Å². The van der Waals surface area contributed by atoms with E-state index in [1.807, 2.05) is 19.1 Å².